The molecule has 2 atom stereocenters. The Kier molecular flexibility index (Phi) is 6.79. The van der Waals surface area contributed by atoms with Crippen LogP contribution in [0.15, 0.2) is 15.9 Å². The maximum absolute atomic E-state index is 12.0. The molecular weight excluding hydrogens is 343 g/mol. The number of ether oxygens (including phenoxy) is 1. The Hall–Kier alpha value is -0.110. The van der Waals surface area contributed by atoms with Gasteiger partial charge in [-0.05, 0) is 34.8 Å². The fourth-order valence-corrected chi connectivity index (χ4v) is 3.16. The third kappa shape index (κ3) is 6.25. The van der Waals surface area contributed by atoms with Gasteiger partial charge in [0.25, 0.3) is 0 Å². The molecule has 0 aliphatic rings. The Morgan fingerprint density at radius 3 is 2.63 bits per heavy atom. The van der Waals surface area contributed by atoms with E-state index in [1.165, 1.54) is 11.3 Å². The molecule has 0 radical (unpaired) electrons. The van der Waals surface area contributed by atoms with Gasteiger partial charge in [0.1, 0.15) is 6.10 Å². The quantitative estimate of drug-likeness (QED) is 0.719. The van der Waals surface area contributed by atoms with Crippen molar-refractivity contribution in [2.45, 2.75) is 44.5 Å². The number of halogens is 4. The van der Waals surface area contributed by atoms with E-state index in [1.807, 2.05) is 18.4 Å². The van der Waals surface area contributed by atoms with Crippen LogP contribution in [0, 0.1) is 0 Å². The standard InChI is InChI=1S/C12H17BrF3NOS/c1-2-9(17)11(10-6-8(13)7-19-10)18-5-3-4-12(14,15)16/h6-7,9,11H,2-5,17H2,1H3. The molecule has 110 valence electrons. The first kappa shape index (κ1) is 16.9. The minimum absolute atomic E-state index is 0.0387. The minimum Gasteiger partial charge on any atom is -0.371 e. The first-order valence-electron chi connectivity index (χ1n) is 6.01. The summed E-state index contributed by atoms with van der Waals surface area (Å²) in [5.74, 6) is 0. The SMILES string of the molecule is CCC(N)C(OCCCC(F)(F)F)c1cc(Br)cs1. The van der Waals surface area contributed by atoms with Crippen LogP contribution >= 0.6 is 27.3 Å². The molecule has 1 rings (SSSR count). The highest BCUT2D eigenvalue weighted by molar-refractivity contribution is 9.10. The zero-order valence-electron chi connectivity index (χ0n) is 10.5. The van der Waals surface area contributed by atoms with Crippen molar-refractivity contribution in [2.75, 3.05) is 6.61 Å². The zero-order chi connectivity index (χ0) is 14.5. The highest BCUT2D eigenvalue weighted by Crippen LogP contribution is 2.31. The van der Waals surface area contributed by atoms with Crippen LogP contribution in [0.5, 0.6) is 0 Å². The maximum atomic E-state index is 12.0. The molecular formula is C12H17BrF3NOS. The molecule has 0 aliphatic carbocycles. The van der Waals surface area contributed by atoms with Crippen LogP contribution in [0.25, 0.3) is 0 Å². The first-order chi connectivity index (χ1) is 8.83. The van der Waals surface area contributed by atoms with Crippen molar-refractivity contribution in [2.24, 2.45) is 5.73 Å². The molecule has 1 aromatic heterocycles. The van der Waals surface area contributed by atoms with Crippen LogP contribution in [0.4, 0.5) is 13.2 Å². The van der Waals surface area contributed by atoms with E-state index >= 15 is 0 Å². The number of alkyl halides is 3. The van der Waals surface area contributed by atoms with E-state index in [0.717, 1.165) is 9.35 Å². The molecule has 2 nitrogen and oxygen atoms in total. The second-order valence-electron chi connectivity index (χ2n) is 4.25. The normalized spacial score (nSPS) is 15.5. The van der Waals surface area contributed by atoms with Crippen molar-refractivity contribution in [1.82, 2.24) is 0 Å². The molecule has 1 heterocycles. The van der Waals surface area contributed by atoms with E-state index < -0.39 is 12.6 Å². The molecule has 0 amide bonds. The van der Waals surface area contributed by atoms with Crippen molar-refractivity contribution in [3.05, 3.63) is 20.8 Å². The van der Waals surface area contributed by atoms with Gasteiger partial charge in [0.2, 0.25) is 0 Å². The topological polar surface area (TPSA) is 35.2 Å². The minimum atomic E-state index is -4.13. The van der Waals surface area contributed by atoms with E-state index in [4.69, 9.17) is 10.5 Å². The van der Waals surface area contributed by atoms with Crippen molar-refractivity contribution in [1.29, 1.82) is 0 Å². The predicted octanol–water partition coefficient (Wildman–Crippen LogP) is 4.65. The zero-order valence-corrected chi connectivity index (χ0v) is 12.9. The molecule has 0 fully saturated rings. The van der Waals surface area contributed by atoms with Gasteiger partial charge in [-0.15, -0.1) is 11.3 Å². The van der Waals surface area contributed by atoms with E-state index in [0.29, 0.717) is 6.42 Å². The Labute approximate surface area is 123 Å². The fraction of sp³-hybridized carbons (Fsp3) is 0.667. The van der Waals surface area contributed by atoms with Gasteiger partial charge < -0.3 is 10.5 Å². The van der Waals surface area contributed by atoms with Crippen molar-refractivity contribution in [3.63, 3.8) is 0 Å². The lowest BCUT2D eigenvalue weighted by Gasteiger charge is -2.22. The number of rotatable bonds is 7. The molecule has 0 spiro atoms. The summed E-state index contributed by atoms with van der Waals surface area (Å²) >= 11 is 4.84. The average molecular weight is 360 g/mol. The van der Waals surface area contributed by atoms with Gasteiger partial charge in [-0.25, -0.2) is 0 Å². The molecule has 0 bridgehead atoms. The number of hydrogen-bond donors (Lipinski definition) is 1. The lowest BCUT2D eigenvalue weighted by Crippen LogP contribution is -2.29. The highest BCUT2D eigenvalue weighted by Gasteiger charge is 2.27. The van der Waals surface area contributed by atoms with Gasteiger partial charge in [-0.3, -0.25) is 0 Å². The van der Waals surface area contributed by atoms with Crippen LogP contribution in [-0.2, 0) is 4.74 Å². The molecule has 1 aromatic rings. The third-order valence-electron chi connectivity index (χ3n) is 2.63. The average Bonchev–Trinajstić information content (AvgIpc) is 2.73. The summed E-state index contributed by atoms with van der Waals surface area (Å²) in [7, 11) is 0. The number of hydrogen-bond acceptors (Lipinski definition) is 3. The van der Waals surface area contributed by atoms with Crippen molar-refractivity contribution < 1.29 is 17.9 Å². The summed E-state index contributed by atoms with van der Waals surface area (Å²) < 4.78 is 42.6. The summed E-state index contributed by atoms with van der Waals surface area (Å²) in [5.41, 5.74) is 5.97. The predicted molar refractivity (Wildman–Crippen MR) is 74.3 cm³/mol. The molecule has 19 heavy (non-hydrogen) atoms. The fourth-order valence-electron chi connectivity index (χ4n) is 1.59. The second kappa shape index (κ2) is 7.61. The Morgan fingerprint density at radius 1 is 1.47 bits per heavy atom. The lowest BCUT2D eigenvalue weighted by molar-refractivity contribution is -0.139. The summed E-state index contributed by atoms with van der Waals surface area (Å²) in [6.45, 7) is 1.99. The monoisotopic (exact) mass is 359 g/mol. The Bertz CT molecular complexity index is 383. The van der Waals surface area contributed by atoms with E-state index in [-0.39, 0.29) is 25.2 Å². The summed E-state index contributed by atoms with van der Waals surface area (Å²) in [6, 6.07) is 1.69. The smallest absolute Gasteiger partial charge is 0.371 e. The van der Waals surface area contributed by atoms with Crippen LogP contribution in [0.3, 0.4) is 0 Å². The Morgan fingerprint density at radius 2 is 2.16 bits per heavy atom. The van der Waals surface area contributed by atoms with Gasteiger partial charge >= 0.3 is 6.18 Å². The second-order valence-corrected chi connectivity index (χ2v) is 6.11. The molecule has 0 saturated carbocycles. The Balaban J connectivity index is 2.52. The summed E-state index contributed by atoms with van der Waals surface area (Å²) in [6.07, 6.45) is -4.62. The number of thiophene rings is 1. The number of nitrogens with two attached hydrogens (primary N) is 1. The van der Waals surface area contributed by atoms with Gasteiger partial charge in [0, 0.05) is 33.8 Å². The summed E-state index contributed by atoms with van der Waals surface area (Å²) in [5, 5.41) is 1.91. The van der Waals surface area contributed by atoms with Gasteiger partial charge in [-0.2, -0.15) is 13.2 Å². The first-order valence-corrected chi connectivity index (χ1v) is 7.68. The molecule has 7 heteroatoms. The van der Waals surface area contributed by atoms with Crippen LogP contribution in [-0.4, -0.2) is 18.8 Å². The third-order valence-corrected chi connectivity index (χ3v) is 4.39. The molecule has 2 N–H and O–H groups in total. The molecule has 0 saturated heterocycles. The van der Waals surface area contributed by atoms with Crippen LogP contribution in [0.2, 0.25) is 0 Å². The van der Waals surface area contributed by atoms with Gasteiger partial charge in [0.05, 0.1) is 0 Å². The van der Waals surface area contributed by atoms with E-state index in [1.54, 1.807) is 0 Å². The van der Waals surface area contributed by atoms with Crippen LogP contribution < -0.4 is 5.73 Å². The van der Waals surface area contributed by atoms with E-state index in [2.05, 4.69) is 15.9 Å². The highest BCUT2D eigenvalue weighted by atomic mass is 79.9. The van der Waals surface area contributed by atoms with Gasteiger partial charge in [0.15, 0.2) is 0 Å². The van der Waals surface area contributed by atoms with Crippen molar-refractivity contribution >= 4 is 27.3 Å². The van der Waals surface area contributed by atoms with E-state index in [9.17, 15) is 13.2 Å². The molecule has 0 aromatic carbocycles. The molecule has 0 aliphatic heterocycles. The lowest BCUT2D eigenvalue weighted by atomic mass is 10.1. The molecule has 2 unspecified atom stereocenters. The maximum Gasteiger partial charge on any atom is 0.389 e. The van der Waals surface area contributed by atoms with Gasteiger partial charge in [-0.1, -0.05) is 6.92 Å². The summed E-state index contributed by atoms with van der Waals surface area (Å²) in [4.78, 5) is 0.938. The van der Waals surface area contributed by atoms with Crippen molar-refractivity contribution in [3.8, 4) is 0 Å². The largest absolute Gasteiger partial charge is 0.389 e. The van der Waals surface area contributed by atoms with Crippen LogP contribution in [0.1, 0.15) is 37.2 Å².